The first-order valence-electron chi connectivity index (χ1n) is 7.92. The third-order valence-electron chi connectivity index (χ3n) is 3.78. The minimum Gasteiger partial charge on any atom is -0.378 e. The molecule has 8 heteroatoms. The number of rotatable bonds is 7. The average Bonchev–Trinajstić information content (AvgIpc) is 2.54. The number of morpholine rings is 1. The molecule has 0 spiro atoms. The molecule has 1 aromatic carbocycles. The number of hydrogen-bond donors (Lipinski definition) is 1. The monoisotopic (exact) mass is 355 g/mol. The molecule has 1 aliphatic rings. The molecule has 1 fully saturated rings. The molecule has 0 atom stereocenters. The quantitative estimate of drug-likeness (QED) is 0.765. The molecule has 1 aromatic rings. The van der Waals surface area contributed by atoms with Gasteiger partial charge in [-0.2, -0.15) is 0 Å². The van der Waals surface area contributed by atoms with Crippen molar-refractivity contribution >= 4 is 27.1 Å². The van der Waals surface area contributed by atoms with Gasteiger partial charge in [0.2, 0.25) is 5.91 Å². The molecule has 0 unspecified atom stereocenters. The molecule has 1 N–H and O–H groups in total. The van der Waals surface area contributed by atoms with Crippen LogP contribution in [0.5, 0.6) is 0 Å². The van der Waals surface area contributed by atoms with Crippen LogP contribution in [0.4, 0.5) is 11.4 Å². The molecule has 1 saturated heterocycles. The molecule has 0 saturated carbocycles. The summed E-state index contributed by atoms with van der Waals surface area (Å²) in [6, 6.07) is 7.71. The first-order chi connectivity index (χ1) is 11.3. The zero-order valence-corrected chi connectivity index (χ0v) is 15.0. The van der Waals surface area contributed by atoms with Crippen molar-refractivity contribution in [2.75, 3.05) is 68.7 Å². The summed E-state index contributed by atoms with van der Waals surface area (Å²) >= 11 is 0. The number of sulfone groups is 1. The summed E-state index contributed by atoms with van der Waals surface area (Å²) in [5, 5.41) is 2.83. The van der Waals surface area contributed by atoms with Gasteiger partial charge in [-0.3, -0.25) is 9.69 Å². The van der Waals surface area contributed by atoms with Crippen LogP contribution >= 0.6 is 0 Å². The molecule has 134 valence electrons. The highest BCUT2D eigenvalue weighted by molar-refractivity contribution is 7.90. The van der Waals surface area contributed by atoms with Gasteiger partial charge in [-0.1, -0.05) is 0 Å². The molecule has 0 bridgehead atoms. The predicted octanol–water partition coefficient (Wildman–Crippen LogP) is 0.438. The molecule has 1 heterocycles. The Bertz CT molecular complexity index is 640. The summed E-state index contributed by atoms with van der Waals surface area (Å²) in [4.78, 5) is 15.9. The lowest BCUT2D eigenvalue weighted by atomic mass is 10.2. The SMILES string of the molecule is CN(CCS(C)(=O)=O)CC(=O)Nc1ccc(N2CCOCC2)cc1. The molecule has 7 nitrogen and oxygen atoms in total. The van der Waals surface area contributed by atoms with Crippen molar-refractivity contribution in [2.24, 2.45) is 0 Å². The van der Waals surface area contributed by atoms with E-state index in [1.165, 1.54) is 6.26 Å². The van der Waals surface area contributed by atoms with Gasteiger partial charge in [0.25, 0.3) is 0 Å². The average molecular weight is 355 g/mol. The fourth-order valence-corrected chi connectivity index (χ4v) is 3.07. The lowest BCUT2D eigenvalue weighted by Crippen LogP contribution is -2.36. The van der Waals surface area contributed by atoms with Crippen LogP contribution < -0.4 is 10.2 Å². The summed E-state index contributed by atoms with van der Waals surface area (Å²) < 4.78 is 27.6. The fourth-order valence-electron chi connectivity index (χ4n) is 2.42. The van der Waals surface area contributed by atoms with Gasteiger partial charge in [0, 0.05) is 37.3 Å². The van der Waals surface area contributed by atoms with E-state index in [-0.39, 0.29) is 18.2 Å². The maximum absolute atomic E-state index is 12.0. The van der Waals surface area contributed by atoms with Gasteiger partial charge in [0.15, 0.2) is 0 Å². The number of anilines is 2. The number of carbonyl (C=O) groups is 1. The summed E-state index contributed by atoms with van der Waals surface area (Å²) in [7, 11) is -1.29. The Labute approximate surface area is 143 Å². The van der Waals surface area contributed by atoms with Gasteiger partial charge in [0.05, 0.1) is 25.5 Å². The van der Waals surface area contributed by atoms with Gasteiger partial charge in [-0.15, -0.1) is 0 Å². The van der Waals surface area contributed by atoms with E-state index < -0.39 is 9.84 Å². The van der Waals surface area contributed by atoms with Gasteiger partial charge in [-0.25, -0.2) is 8.42 Å². The van der Waals surface area contributed by atoms with Crippen molar-refractivity contribution in [1.82, 2.24) is 4.90 Å². The maximum Gasteiger partial charge on any atom is 0.238 e. The second-order valence-electron chi connectivity index (χ2n) is 6.06. The minimum atomic E-state index is -3.02. The van der Waals surface area contributed by atoms with E-state index in [1.807, 2.05) is 24.3 Å². The zero-order chi connectivity index (χ0) is 17.6. The minimum absolute atomic E-state index is 0.0467. The Hall–Kier alpha value is -1.64. The smallest absolute Gasteiger partial charge is 0.238 e. The van der Waals surface area contributed by atoms with Crippen LogP contribution in [0.3, 0.4) is 0 Å². The van der Waals surface area contributed by atoms with E-state index in [9.17, 15) is 13.2 Å². The predicted molar refractivity (Wildman–Crippen MR) is 95.3 cm³/mol. The molecule has 0 aliphatic carbocycles. The topological polar surface area (TPSA) is 79.0 Å². The third kappa shape index (κ3) is 6.46. The summed E-state index contributed by atoms with van der Waals surface area (Å²) in [6.07, 6.45) is 1.19. The largest absolute Gasteiger partial charge is 0.378 e. The fraction of sp³-hybridized carbons (Fsp3) is 0.562. The lowest BCUT2D eigenvalue weighted by molar-refractivity contribution is -0.117. The Kier molecular flexibility index (Phi) is 6.59. The van der Waals surface area contributed by atoms with Crippen molar-refractivity contribution in [2.45, 2.75) is 0 Å². The van der Waals surface area contributed by atoms with Gasteiger partial charge >= 0.3 is 0 Å². The summed E-state index contributed by atoms with van der Waals surface area (Å²) in [5.74, 6) is -0.115. The highest BCUT2D eigenvalue weighted by atomic mass is 32.2. The highest BCUT2D eigenvalue weighted by Crippen LogP contribution is 2.18. The van der Waals surface area contributed by atoms with E-state index in [2.05, 4.69) is 10.2 Å². The standard InChI is InChI=1S/C16H25N3O4S/c1-18(9-12-24(2,21)22)13-16(20)17-14-3-5-15(6-4-14)19-7-10-23-11-8-19/h3-6H,7-13H2,1-2H3,(H,17,20). The zero-order valence-electron chi connectivity index (χ0n) is 14.2. The number of ether oxygens (including phenoxy) is 1. The van der Waals surface area contributed by atoms with Gasteiger partial charge < -0.3 is 15.0 Å². The van der Waals surface area contributed by atoms with Gasteiger partial charge in [-0.05, 0) is 31.3 Å². The molecular weight excluding hydrogens is 330 g/mol. The molecule has 24 heavy (non-hydrogen) atoms. The lowest BCUT2D eigenvalue weighted by Gasteiger charge is -2.28. The van der Waals surface area contributed by atoms with Crippen molar-refractivity contribution in [3.8, 4) is 0 Å². The van der Waals surface area contributed by atoms with Crippen molar-refractivity contribution in [3.63, 3.8) is 0 Å². The first-order valence-corrected chi connectivity index (χ1v) is 9.98. The molecule has 1 amide bonds. The van der Waals surface area contributed by atoms with Gasteiger partial charge in [0.1, 0.15) is 9.84 Å². The Morgan fingerprint density at radius 1 is 1.25 bits per heavy atom. The normalized spacial score (nSPS) is 15.5. The number of likely N-dealkylation sites (N-methyl/N-ethyl adjacent to an activating group) is 1. The number of hydrogen-bond acceptors (Lipinski definition) is 6. The van der Waals surface area contributed by atoms with Crippen molar-refractivity contribution in [3.05, 3.63) is 24.3 Å². The van der Waals surface area contributed by atoms with E-state index in [4.69, 9.17) is 4.74 Å². The molecule has 2 rings (SSSR count). The van der Waals surface area contributed by atoms with Crippen molar-refractivity contribution < 1.29 is 17.9 Å². The highest BCUT2D eigenvalue weighted by Gasteiger charge is 2.12. The number of amides is 1. The maximum atomic E-state index is 12.0. The Morgan fingerprint density at radius 3 is 2.46 bits per heavy atom. The summed E-state index contributed by atoms with van der Waals surface area (Å²) in [5.41, 5.74) is 1.84. The van der Waals surface area contributed by atoms with Crippen LogP contribution in [0.15, 0.2) is 24.3 Å². The number of nitrogens with zero attached hydrogens (tertiary/aromatic N) is 2. The van der Waals surface area contributed by atoms with E-state index in [0.29, 0.717) is 6.54 Å². The third-order valence-corrected chi connectivity index (χ3v) is 4.71. The molecule has 0 radical (unpaired) electrons. The number of carbonyl (C=O) groups excluding carboxylic acids is 1. The van der Waals surface area contributed by atoms with E-state index >= 15 is 0 Å². The molecule has 0 aromatic heterocycles. The van der Waals surface area contributed by atoms with Crippen LogP contribution in [0.2, 0.25) is 0 Å². The Balaban J connectivity index is 1.81. The molecule has 1 aliphatic heterocycles. The second kappa shape index (κ2) is 8.46. The number of benzene rings is 1. The van der Waals surface area contributed by atoms with Crippen LogP contribution in [0.1, 0.15) is 0 Å². The first kappa shape index (κ1) is 18.7. The van der Waals surface area contributed by atoms with Crippen LogP contribution in [-0.2, 0) is 19.4 Å². The van der Waals surface area contributed by atoms with Crippen LogP contribution in [0, 0.1) is 0 Å². The van der Waals surface area contributed by atoms with Crippen molar-refractivity contribution in [1.29, 1.82) is 0 Å². The van der Waals surface area contributed by atoms with E-state index in [0.717, 1.165) is 37.7 Å². The number of nitrogens with one attached hydrogen (secondary N) is 1. The Morgan fingerprint density at radius 2 is 1.88 bits per heavy atom. The van der Waals surface area contributed by atoms with Crippen LogP contribution in [-0.4, -0.2) is 77.7 Å². The van der Waals surface area contributed by atoms with E-state index in [1.54, 1.807) is 11.9 Å². The molecular formula is C16H25N3O4S. The van der Waals surface area contributed by atoms with Crippen LogP contribution in [0.25, 0.3) is 0 Å². The second-order valence-corrected chi connectivity index (χ2v) is 8.32. The summed E-state index contributed by atoms with van der Waals surface area (Å²) in [6.45, 7) is 3.70.